The van der Waals surface area contributed by atoms with Gasteiger partial charge in [-0.2, -0.15) is 15.4 Å². The van der Waals surface area contributed by atoms with Crippen LogP contribution in [0.25, 0.3) is 22.0 Å². The van der Waals surface area contributed by atoms with Gasteiger partial charge in [-0.15, -0.1) is 0 Å². The van der Waals surface area contributed by atoms with Crippen LogP contribution in [0.4, 0.5) is 4.39 Å². The van der Waals surface area contributed by atoms with E-state index in [-0.39, 0.29) is 17.9 Å². The number of aromatic carboxylic acids is 1. The van der Waals surface area contributed by atoms with E-state index in [1.165, 1.54) is 12.1 Å². The van der Waals surface area contributed by atoms with E-state index in [1.54, 1.807) is 18.3 Å². The van der Waals surface area contributed by atoms with Crippen molar-refractivity contribution in [2.45, 2.75) is 25.4 Å². The lowest BCUT2D eigenvalue weighted by molar-refractivity contribution is 0.0513. The summed E-state index contributed by atoms with van der Waals surface area (Å²) in [5.41, 5.74) is 2.45. The Bertz CT molecular complexity index is 1430. The number of hydrogen-bond acceptors (Lipinski definition) is 6. The number of benzene rings is 2. The van der Waals surface area contributed by atoms with E-state index >= 15 is 0 Å². The van der Waals surface area contributed by atoms with Crippen LogP contribution in [0.5, 0.6) is 0 Å². The van der Waals surface area contributed by atoms with Gasteiger partial charge in [-0.1, -0.05) is 30.3 Å². The molecular formula is C22H21FN4O5S. The number of para-hydroxylation sites is 1. The van der Waals surface area contributed by atoms with E-state index < -0.39 is 33.5 Å². The zero-order valence-electron chi connectivity index (χ0n) is 17.8. The predicted octanol–water partition coefficient (Wildman–Crippen LogP) is 3.61. The van der Waals surface area contributed by atoms with Crippen LogP contribution in [0.15, 0.2) is 42.6 Å². The van der Waals surface area contributed by atoms with Crippen LogP contribution in [-0.4, -0.2) is 46.1 Å². The number of ether oxygens (including phenoxy) is 1. The minimum absolute atomic E-state index is 0.0218. The van der Waals surface area contributed by atoms with E-state index in [9.17, 15) is 22.7 Å². The van der Waals surface area contributed by atoms with E-state index in [0.29, 0.717) is 27.7 Å². The first-order chi connectivity index (χ1) is 15.6. The molecule has 0 saturated carbocycles. The molecule has 0 fully saturated rings. The fourth-order valence-corrected chi connectivity index (χ4v) is 4.54. The van der Waals surface area contributed by atoms with Crippen molar-refractivity contribution in [1.82, 2.24) is 20.4 Å². The Morgan fingerprint density at radius 1 is 1.27 bits per heavy atom. The highest BCUT2D eigenvalue weighted by Gasteiger charge is 2.23. The number of rotatable bonds is 8. The minimum Gasteiger partial charge on any atom is -0.477 e. The summed E-state index contributed by atoms with van der Waals surface area (Å²) in [6.45, 7) is 2.04. The summed E-state index contributed by atoms with van der Waals surface area (Å²) in [4.78, 5) is 15.0. The molecule has 0 amide bonds. The van der Waals surface area contributed by atoms with Crippen molar-refractivity contribution in [3.05, 3.63) is 70.9 Å². The summed E-state index contributed by atoms with van der Waals surface area (Å²) < 4.78 is 43.7. The van der Waals surface area contributed by atoms with Crippen LogP contribution >= 0.6 is 0 Å². The number of nitrogens with one attached hydrogen (secondary N) is 2. The Balaban J connectivity index is 1.77. The number of aromatic nitrogens is 4. The molecular weight excluding hydrogens is 451 g/mol. The van der Waals surface area contributed by atoms with Gasteiger partial charge in [0.05, 0.1) is 30.2 Å². The molecule has 4 aromatic rings. The Morgan fingerprint density at radius 3 is 2.70 bits per heavy atom. The van der Waals surface area contributed by atoms with Gasteiger partial charge in [0.2, 0.25) is 0 Å². The average molecular weight is 472 g/mol. The van der Waals surface area contributed by atoms with Gasteiger partial charge < -0.3 is 14.8 Å². The molecule has 0 aliphatic carbocycles. The fraction of sp³-hybridized carbons (Fsp3) is 0.227. The fourth-order valence-electron chi connectivity index (χ4n) is 3.74. The monoisotopic (exact) mass is 472 g/mol. The van der Waals surface area contributed by atoms with Crippen LogP contribution in [0, 0.1) is 5.82 Å². The Morgan fingerprint density at radius 2 is 2.06 bits per heavy atom. The van der Waals surface area contributed by atoms with Gasteiger partial charge in [0.1, 0.15) is 17.2 Å². The van der Waals surface area contributed by atoms with Crippen LogP contribution in [0.3, 0.4) is 0 Å². The molecule has 2 heterocycles. The first-order valence-electron chi connectivity index (χ1n) is 9.94. The second-order valence-corrected chi connectivity index (χ2v) is 9.88. The maximum atomic E-state index is 14.7. The summed E-state index contributed by atoms with van der Waals surface area (Å²) in [7, 11) is -3.42. The third-order valence-corrected chi connectivity index (χ3v) is 6.06. The van der Waals surface area contributed by atoms with Gasteiger partial charge >= 0.3 is 5.97 Å². The predicted molar refractivity (Wildman–Crippen MR) is 119 cm³/mol. The lowest BCUT2D eigenvalue weighted by Crippen LogP contribution is -2.03. The second-order valence-electron chi connectivity index (χ2n) is 7.74. The van der Waals surface area contributed by atoms with Crippen molar-refractivity contribution in [3.63, 3.8) is 0 Å². The topological polar surface area (TPSA) is 138 Å². The molecule has 0 radical (unpaired) electrons. The summed E-state index contributed by atoms with van der Waals surface area (Å²) >= 11 is 0. The largest absolute Gasteiger partial charge is 0.477 e. The molecule has 33 heavy (non-hydrogen) atoms. The number of hydrogen-bond donors (Lipinski definition) is 3. The minimum atomic E-state index is -3.42. The molecule has 4 rings (SSSR count). The van der Waals surface area contributed by atoms with Crippen molar-refractivity contribution < 1.29 is 27.4 Å². The summed E-state index contributed by atoms with van der Waals surface area (Å²) in [5.74, 6) is -2.36. The van der Waals surface area contributed by atoms with Crippen molar-refractivity contribution in [1.29, 1.82) is 0 Å². The Labute approximate surface area is 188 Å². The van der Waals surface area contributed by atoms with Crippen molar-refractivity contribution in [3.8, 4) is 11.1 Å². The van der Waals surface area contributed by atoms with Gasteiger partial charge in [-0.05, 0) is 18.6 Å². The number of halogens is 1. The highest BCUT2D eigenvalue weighted by atomic mass is 32.2. The molecule has 11 heteroatoms. The van der Waals surface area contributed by atoms with E-state index in [0.717, 1.165) is 17.9 Å². The van der Waals surface area contributed by atoms with Crippen LogP contribution in [0.2, 0.25) is 0 Å². The van der Waals surface area contributed by atoms with Gasteiger partial charge in [0.15, 0.2) is 9.84 Å². The molecule has 2 aromatic carbocycles. The quantitative estimate of drug-likeness (QED) is 0.356. The average Bonchev–Trinajstić information content (AvgIpc) is 3.40. The molecule has 0 spiro atoms. The first kappa shape index (κ1) is 22.6. The molecule has 172 valence electrons. The van der Waals surface area contributed by atoms with Gasteiger partial charge in [0, 0.05) is 28.3 Å². The molecule has 0 bridgehead atoms. The van der Waals surface area contributed by atoms with E-state index in [2.05, 4.69) is 20.4 Å². The van der Waals surface area contributed by atoms with E-state index in [4.69, 9.17) is 4.74 Å². The molecule has 1 atom stereocenters. The van der Waals surface area contributed by atoms with Gasteiger partial charge in [-0.3, -0.25) is 0 Å². The van der Waals surface area contributed by atoms with Gasteiger partial charge in [-0.25, -0.2) is 17.6 Å². The number of sulfone groups is 1. The lowest BCUT2D eigenvalue weighted by Gasteiger charge is -2.13. The first-order valence-corrected chi connectivity index (χ1v) is 12.0. The number of carboxylic acids is 1. The zero-order valence-corrected chi connectivity index (χ0v) is 18.6. The summed E-state index contributed by atoms with van der Waals surface area (Å²) in [6.07, 6.45) is 2.16. The van der Waals surface area contributed by atoms with Crippen molar-refractivity contribution in [2.24, 2.45) is 0 Å². The molecule has 0 aliphatic heterocycles. The highest BCUT2D eigenvalue weighted by molar-refractivity contribution is 7.89. The van der Waals surface area contributed by atoms with Gasteiger partial charge in [0.25, 0.3) is 0 Å². The highest BCUT2D eigenvalue weighted by Crippen LogP contribution is 2.37. The maximum Gasteiger partial charge on any atom is 0.352 e. The number of carboxylic acid groups (broad SMARTS) is 1. The molecule has 0 unspecified atom stereocenters. The molecule has 0 aliphatic rings. The molecule has 9 nitrogen and oxygen atoms in total. The zero-order chi connectivity index (χ0) is 23.8. The number of carbonyl (C=O) groups is 1. The van der Waals surface area contributed by atoms with Crippen LogP contribution in [-0.2, 0) is 26.9 Å². The summed E-state index contributed by atoms with van der Waals surface area (Å²) in [5, 5.41) is 20.6. The summed E-state index contributed by atoms with van der Waals surface area (Å²) in [6, 6.07) is 9.37. The second kappa shape index (κ2) is 8.75. The normalized spacial score (nSPS) is 12.8. The molecule has 2 aromatic heterocycles. The molecule has 0 saturated heterocycles. The van der Waals surface area contributed by atoms with Crippen molar-refractivity contribution in [2.75, 3.05) is 6.26 Å². The van der Waals surface area contributed by atoms with Crippen LogP contribution in [0.1, 0.15) is 40.3 Å². The van der Waals surface area contributed by atoms with Crippen LogP contribution < -0.4 is 0 Å². The number of H-pyrrole nitrogens is 2. The third kappa shape index (κ3) is 4.78. The lowest BCUT2D eigenvalue weighted by atomic mass is 9.98. The Kier molecular flexibility index (Phi) is 6.00. The Hall–Kier alpha value is -3.57. The standard InChI is InChI=1S/C22H21FN4O5S/c1-12(32-10-15-9-24-27-26-15)16-4-3-5-17-19(21(22(28)29)25-20(16)17)13-6-7-14(18(23)8-13)11-33(2,30)31/h3-9,12,25H,10-11H2,1-2H3,(H,28,29)(H,24,26,27)/t12-/m1/s1. The SMILES string of the molecule is C[C@@H](OCc1cn[nH]n1)c1cccc2c(-c3ccc(CS(C)(=O)=O)c(F)c3)c(C(=O)O)[nH]c12. The third-order valence-electron chi connectivity index (χ3n) is 5.22. The van der Waals surface area contributed by atoms with E-state index in [1.807, 2.05) is 13.0 Å². The number of nitrogens with zero attached hydrogens (tertiary/aromatic N) is 2. The maximum absolute atomic E-state index is 14.7. The van der Waals surface area contributed by atoms with Crippen molar-refractivity contribution >= 4 is 26.7 Å². The molecule has 3 N–H and O–H groups in total. The smallest absolute Gasteiger partial charge is 0.352 e. The number of fused-ring (bicyclic) bond motifs is 1. The number of aromatic amines is 2.